The molecular weight excluding hydrogens is 375 g/mol. The smallest absolute Gasteiger partial charge is 0.254 e. The minimum Gasteiger partial charge on any atom is -0.362 e. The first-order valence-electron chi connectivity index (χ1n) is 9.21. The molecular formula is C21H21FN4OS. The molecule has 28 heavy (non-hydrogen) atoms. The number of nitrogens with one attached hydrogen (secondary N) is 1. The van der Waals surface area contributed by atoms with Gasteiger partial charge in [-0.3, -0.25) is 4.79 Å². The molecule has 1 atom stereocenters. The van der Waals surface area contributed by atoms with Crippen molar-refractivity contribution in [3.63, 3.8) is 0 Å². The Morgan fingerprint density at radius 3 is 2.68 bits per heavy atom. The van der Waals surface area contributed by atoms with E-state index in [9.17, 15) is 9.18 Å². The Bertz CT molecular complexity index is 983. The standard InChI is InChI=1S/C21H21FN4OS/c1-26(2)21(27)14-8-11-18(23-12-14)24-16-4-3-5-17-19(16)25-20(28-17)13-6-9-15(22)10-7-13/h6-12,16H,3-5H2,1-2H3,(H,23,24). The maximum atomic E-state index is 13.2. The Morgan fingerprint density at radius 1 is 1.21 bits per heavy atom. The lowest BCUT2D eigenvalue weighted by Gasteiger charge is -2.23. The van der Waals surface area contributed by atoms with Crippen LogP contribution in [-0.4, -0.2) is 34.9 Å². The summed E-state index contributed by atoms with van der Waals surface area (Å²) in [5, 5.41) is 4.37. The van der Waals surface area contributed by atoms with Crippen LogP contribution in [0, 0.1) is 5.82 Å². The molecule has 4 rings (SSSR count). The van der Waals surface area contributed by atoms with E-state index >= 15 is 0 Å². The van der Waals surface area contributed by atoms with Crippen LogP contribution in [0.5, 0.6) is 0 Å². The van der Waals surface area contributed by atoms with E-state index in [-0.39, 0.29) is 17.8 Å². The minimum atomic E-state index is -0.244. The summed E-state index contributed by atoms with van der Waals surface area (Å²) in [7, 11) is 3.44. The molecule has 0 aliphatic heterocycles. The van der Waals surface area contributed by atoms with Crippen LogP contribution in [0.15, 0.2) is 42.6 Å². The summed E-state index contributed by atoms with van der Waals surface area (Å²) in [4.78, 5) is 24.0. The quantitative estimate of drug-likeness (QED) is 0.704. The van der Waals surface area contributed by atoms with Crippen molar-refractivity contribution in [1.82, 2.24) is 14.9 Å². The monoisotopic (exact) mass is 396 g/mol. The van der Waals surface area contributed by atoms with Gasteiger partial charge in [-0.2, -0.15) is 0 Å². The molecule has 3 aromatic rings. The molecule has 1 aromatic carbocycles. The maximum Gasteiger partial charge on any atom is 0.254 e. The molecule has 0 spiro atoms. The van der Waals surface area contributed by atoms with E-state index < -0.39 is 0 Å². The fraction of sp³-hybridized carbons (Fsp3) is 0.286. The lowest BCUT2D eigenvalue weighted by atomic mass is 9.97. The van der Waals surface area contributed by atoms with Gasteiger partial charge in [-0.25, -0.2) is 14.4 Å². The Kier molecular flexibility index (Phi) is 5.09. The Labute approximate surface area is 167 Å². The number of halogens is 1. The predicted molar refractivity (Wildman–Crippen MR) is 109 cm³/mol. The molecule has 2 heterocycles. The fourth-order valence-electron chi connectivity index (χ4n) is 3.32. The molecule has 5 nitrogen and oxygen atoms in total. The summed E-state index contributed by atoms with van der Waals surface area (Å²) < 4.78 is 13.2. The molecule has 144 valence electrons. The van der Waals surface area contributed by atoms with Crippen LogP contribution in [0.4, 0.5) is 10.2 Å². The van der Waals surface area contributed by atoms with Crippen molar-refractivity contribution in [2.24, 2.45) is 0 Å². The highest BCUT2D eigenvalue weighted by atomic mass is 32.1. The Morgan fingerprint density at radius 2 is 2.00 bits per heavy atom. The predicted octanol–water partition coefficient (Wildman–Crippen LogP) is 4.54. The van der Waals surface area contributed by atoms with Gasteiger partial charge in [-0.15, -0.1) is 11.3 Å². The number of aromatic nitrogens is 2. The van der Waals surface area contributed by atoms with E-state index in [0.29, 0.717) is 5.56 Å². The van der Waals surface area contributed by atoms with Crippen LogP contribution in [0.1, 0.15) is 39.8 Å². The number of anilines is 1. The highest BCUT2D eigenvalue weighted by Gasteiger charge is 2.25. The summed E-state index contributed by atoms with van der Waals surface area (Å²) in [6.45, 7) is 0. The van der Waals surface area contributed by atoms with Gasteiger partial charge in [0.25, 0.3) is 5.91 Å². The SMILES string of the molecule is CN(C)C(=O)c1ccc(NC2CCCc3sc(-c4ccc(F)cc4)nc32)nc1. The highest BCUT2D eigenvalue weighted by Crippen LogP contribution is 2.38. The van der Waals surface area contributed by atoms with Gasteiger partial charge in [0.1, 0.15) is 16.6 Å². The summed E-state index contributed by atoms with van der Waals surface area (Å²) in [5.41, 5.74) is 2.54. The van der Waals surface area contributed by atoms with Crippen LogP contribution in [0.3, 0.4) is 0 Å². The molecule has 0 radical (unpaired) electrons. The molecule has 1 amide bonds. The Balaban J connectivity index is 1.55. The van der Waals surface area contributed by atoms with Crippen molar-refractivity contribution in [2.45, 2.75) is 25.3 Å². The first-order valence-corrected chi connectivity index (χ1v) is 10.0. The summed E-state index contributed by atoms with van der Waals surface area (Å²) in [6, 6.07) is 10.2. The van der Waals surface area contributed by atoms with Crippen molar-refractivity contribution in [1.29, 1.82) is 0 Å². The third kappa shape index (κ3) is 3.75. The van der Waals surface area contributed by atoms with E-state index in [2.05, 4.69) is 10.3 Å². The molecule has 0 saturated carbocycles. The molecule has 1 aliphatic rings. The number of rotatable bonds is 4. The largest absolute Gasteiger partial charge is 0.362 e. The third-order valence-electron chi connectivity index (χ3n) is 4.78. The topological polar surface area (TPSA) is 58.1 Å². The molecule has 0 fully saturated rings. The summed E-state index contributed by atoms with van der Waals surface area (Å²) >= 11 is 1.67. The van der Waals surface area contributed by atoms with Crippen molar-refractivity contribution < 1.29 is 9.18 Å². The zero-order chi connectivity index (χ0) is 19.7. The zero-order valence-corrected chi connectivity index (χ0v) is 16.6. The molecule has 1 aliphatic carbocycles. The van der Waals surface area contributed by atoms with E-state index in [1.807, 2.05) is 6.07 Å². The molecule has 0 saturated heterocycles. The average Bonchev–Trinajstić information content (AvgIpc) is 3.14. The number of hydrogen-bond acceptors (Lipinski definition) is 5. The molecule has 0 bridgehead atoms. The lowest BCUT2D eigenvalue weighted by molar-refractivity contribution is 0.0827. The average molecular weight is 396 g/mol. The van der Waals surface area contributed by atoms with Gasteiger partial charge >= 0.3 is 0 Å². The van der Waals surface area contributed by atoms with E-state index in [0.717, 1.165) is 41.3 Å². The fourth-order valence-corrected chi connectivity index (χ4v) is 4.49. The van der Waals surface area contributed by atoms with Crippen LogP contribution in [0.25, 0.3) is 10.6 Å². The zero-order valence-electron chi connectivity index (χ0n) is 15.8. The van der Waals surface area contributed by atoms with Crippen molar-refractivity contribution in [3.05, 3.63) is 64.5 Å². The number of nitrogens with zero attached hydrogens (tertiary/aromatic N) is 3. The van der Waals surface area contributed by atoms with Gasteiger partial charge in [0.05, 0.1) is 17.3 Å². The minimum absolute atomic E-state index is 0.0672. The molecule has 1 unspecified atom stereocenters. The number of amides is 1. The highest BCUT2D eigenvalue weighted by molar-refractivity contribution is 7.15. The van der Waals surface area contributed by atoms with Crippen LogP contribution >= 0.6 is 11.3 Å². The number of hydrogen-bond donors (Lipinski definition) is 1. The van der Waals surface area contributed by atoms with Crippen LogP contribution < -0.4 is 5.32 Å². The third-order valence-corrected chi connectivity index (χ3v) is 5.96. The van der Waals surface area contributed by atoms with Gasteiger partial charge in [-0.05, 0) is 55.7 Å². The maximum absolute atomic E-state index is 13.2. The van der Waals surface area contributed by atoms with Crippen molar-refractivity contribution in [3.8, 4) is 10.6 Å². The number of thiazole rings is 1. The van der Waals surface area contributed by atoms with E-state index in [1.165, 1.54) is 21.9 Å². The summed E-state index contributed by atoms with van der Waals surface area (Å²) in [6.07, 6.45) is 4.65. The van der Waals surface area contributed by atoms with E-state index in [1.54, 1.807) is 49.8 Å². The normalized spacial score (nSPS) is 15.8. The second-order valence-corrected chi connectivity index (χ2v) is 8.14. The number of fused-ring (bicyclic) bond motifs is 1. The first-order chi connectivity index (χ1) is 13.5. The number of carbonyl (C=O) groups excluding carboxylic acids is 1. The van der Waals surface area contributed by atoms with Crippen molar-refractivity contribution >= 4 is 23.1 Å². The molecule has 7 heteroatoms. The number of aryl methyl sites for hydroxylation is 1. The van der Waals surface area contributed by atoms with Crippen molar-refractivity contribution in [2.75, 3.05) is 19.4 Å². The second kappa shape index (κ2) is 7.67. The number of carbonyl (C=O) groups is 1. The number of benzene rings is 1. The van der Waals surface area contributed by atoms with Gasteiger partial charge in [0.2, 0.25) is 0 Å². The van der Waals surface area contributed by atoms with Crippen LogP contribution in [0.2, 0.25) is 0 Å². The Hall–Kier alpha value is -2.80. The molecule has 2 aromatic heterocycles. The first kappa shape index (κ1) is 18.6. The lowest BCUT2D eigenvalue weighted by Crippen LogP contribution is -2.22. The van der Waals surface area contributed by atoms with Gasteiger partial charge < -0.3 is 10.2 Å². The van der Waals surface area contributed by atoms with Crippen LogP contribution in [-0.2, 0) is 6.42 Å². The van der Waals surface area contributed by atoms with E-state index in [4.69, 9.17) is 4.98 Å². The van der Waals surface area contributed by atoms with Gasteiger partial charge in [-0.1, -0.05) is 0 Å². The number of pyridine rings is 1. The molecule has 1 N–H and O–H groups in total. The van der Waals surface area contributed by atoms with Gasteiger partial charge in [0.15, 0.2) is 0 Å². The summed E-state index contributed by atoms with van der Waals surface area (Å²) in [5.74, 6) is 0.416. The van der Waals surface area contributed by atoms with Gasteiger partial charge in [0, 0.05) is 30.7 Å². The second-order valence-electron chi connectivity index (χ2n) is 7.06.